The fourth-order valence-corrected chi connectivity index (χ4v) is 5.91. The van der Waals surface area contributed by atoms with E-state index in [1.54, 1.807) is 0 Å². The van der Waals surface area contributed by atoms with E-state index in [0.29, 0.717) is 23.5 Å². The van der Waals surface area contributed by atoms with Crippen molar-refractivity contribution in [1.29, 1.82) is 0 Å². The van der Waals surface area contributed by atoms with Crippen LogP contribution in [0.25, 0.3) is 0 Å². The fraction of sp³-hybridized carbons (Fsp3) is 0.952. The molecule has 0 amide bonds. The Morgan fingerprint density at radius 1 is 1.18 bits per heavy atom. The molecule has 0 radical (unpaired) electrons. The van der Waals surface area contributed by atoms with E-state index in [1.807, 2.05) is 0 Å². The Balaban J connectivity index is 0.00000225. The highest BCUT2D eigenvalue weighted by atomic mass is 127. The molecular weight excluding hydrogens is 467 g/mol. The Hall–Kier alpha value is -0.120. The van der Waals surface area contributed by atoms with Crippen molar-refractivity contribution < 1.29 is 9.47 Å². The van der Waals surface area contributed by atoms with E-state index in [2.05, 4.69) is 36.3 Å². The van der Waals surface area contributed by atoms with Gasteiger partial charge in [-0.2, -0.15) is 0 Å². The summed E-state index contributed by atoms with van der Waals surface area (Å²) in [6.07, 6.45) is 7.01. The molecule has 0 aromatic heterocycles. The van der Waals surface area contributed by atoms with Crippen LogP contribution in [-0.2, 0) is 9.47 Å². The second-order valence-electron chi connectivity index (χ2n) is 9.41. The lowest BCUT2D eigenvalue weighted by Crippen LogP contribution is -2.69. The van der Waals surface area contributed by atoms with E-state index < -0.39 is 0 Å². The van der Waals surface area contributed by atoms with Crippen molar-refractivity contribution in [3.63, 3.8) is 0 Å². The molecule has 3 unspecified atom stereocenters. The molecule has 2 aliphatic carbocycles. The van der Waals surface area contributed by atoms with Gasteiger partial charge in [-0.1, -0.05) is 12.8 Å². The molecular formula is C21H39IN4O2. The molecule has 7 heteroatoms. The van der Waals surface area contributed by atoms with Crippen LogP contribution in [-0.4, -0.2) is 74.5 Å². The number of hydrogen-bond acceptors (Lipinski definition) is 4. The van der Waals surface area contributed by atoms with Crippen molar-refractivity contribution in [2.24, 2.45) is 16.3 Å². The molecule has 2 saturated heterocycles. The van der Waals surface area contributed by atoms with Crippen LogP contribution in [0.15, 0.2) is 4.99 Å². The van der Waals surface area contributed by atoms with Gasteiger partial charge < -0.3 is 20.1 Å². The van der Waals surface area contributed by atoms with E-state index >= 15 is 0 Å². The van der Waals surface area contributed by atoms with Crippen molar-refractivity contribution >= 4 is 29.9 Å². The highest BCUT2D eigenvalue weighted by molar-refractivity contribution is 14.0. The van der Waals surface area contributed by atoms with Crippen LogP contribution in [0.2, 0.25) is 0 Å². The minimum absolute atomic E-state index is 0. The second kappa shape index (κ2) is 9.35. The molecule has 4 fully saturated rings. The Morgan fingerprint density at radius 2 is 1.89 bits per heavy atom. The van der Waals surface area contributed by atoms with Gasteiger partial charge in [0.25, 0.3) is 0 Å². The Morgan fingerprint density at radius 3 is 2.57 bits per heavy atom. The van der Waals surface area contributed by atoms with Gasteiger partial charge in [0.1, 0.15) is 0 Å². The topological polar surface area (TPSA) is 58.1 Å². The smallest absolute Gasteiger partial charge is 0.191 e. The lowest BCUT2D eigenvalue weighted by molar-refractivity contribution is -0.125. The number of ether oxygens (including phenoxy) is 2. The number of nitrogens with zero attached hydrogens (tertiary/aromatic N) is 2. The summed E-state index contributed by atoms with van der Waals surface area (Å²) in [5.41, 5.74) is 0.410. The Labute approximate surface area is 187 Å². The molecule has 2 N–H and O–H groups in total. The van der Waals surface area contributed by atoms with E-state index in [9.17, 15) is 0 Å². The maximum atomic E-state index is 6.14. The van der Waals surface area contributed by atoms with Crippen LogP contribution in [0.3, 0.4) is 0 Å². The monoisotopic (exact) mass is 506 g/mol. The van der Waals surface area contributed by atoms with E-state index in [-0.39, 0.29) is 29.5 Å². The molecule has 6 nitrogen and oxygen atoms in total. The third kappa shape index (κ3) is 4.18. The van der Waals surface area contributed by atoms with Crippen molar-refractivity contribution in [2.75, 3.05) is 46.0 Å². The molecule has 4 aliphatic rings. The summed E-state index contributed by atoms with van der Waals surface area (Å²) < 4.78 is 11.6. The molecule has 2 saturated carbocycles. The van der Waals surface area contributed by atoms with Gasteiger partial charge >= 0.3 is 0 Å². The first-order chi connectivity index (χ1) is 13.1. The van der Waals surface area contributed by atoms with Gasteiger partial charge in [0.05, 0.1) is 25.9 Å². The minimum atomic E-state index is 0. The number of guanidine groups is 1. The second-order valence-corrected chi connectivity index (χ2v) is 9.41. The zero-order chi connectivity index (χ0) is 18.9. The molecule has 162 valence electrons. The summed E-state index contributed by atoms with van der Waals surface area (Å²) in [6, 6.07) is 0.525. The third-order valence-corrected chi connectivity index (χ3v) is 7.41. The van der Waals surface area contributed by atoms with Gasteiger partial charge in [-0.15, -0.1) is 24.0 Å². The summed E-state index contributed by atoms with van der Waals surface area (Å²) >= 11 is 0. The SMILES string of the molecule is CCNC(=NCC(C)(C)N1CCOCC1)NC1C2CCOC2C12CCCC2.I. The van der Waals surface area contributed by atoms with Crippen molar-refractivity contribution in [3.8, 4) is 0 Å². The van der Waals surface area contributed by atoms with Crippen LogP contribution >= 0.6 is 24.0 Å². The maximum absolute atomic E-state index is 6.14. The first-order valence-electron chi connectivity index (χ1n) is 11.1. The standard InChI is InChI=1S/C21H38N4O2.HI/c1-4-22-19(23-15-20(2,3)25-10-13-26-14-11-25)24-17-16-7-12-27-18(16)21(17)8-5-6-9-21;/h16-18H,4-15H2,1-3H3,(H2,22,23,24);1H. The van der Waals surface area contributed by atoms with Crippen LogP contribution in [0.4, 0.5) is 0 Å². The number of hydrogen-bond donors (Lipinski definition) is 2. The Bertz CT molecular complexity index is 545. The average Bonchev–Trinajstić information content (AvgIpc) is 3.33. The highest BCUT2D eigenvalue weighted by Gasteiger charge is 2.65. The van der Waals surface area contributed by atoms with Crippen LogP contribution < -0.4 is 10.6 Å². The first kappa shape index (κ1) is 22.6. The summed E-state index contributed by atoms with van der Waals surface area (Å²) in [7, 11) is 0. The Kier molecular flexibility index (Phi) is 7.53. The zero-order valence-electron chi connectivity index (χ0n) is 17.8. The van der Waals surface area contributed by atoms with E-state index in [1.165, 1.54) is 32.1 Å². The summed E-state index contributed by atoms with van der Waals surface area (Å²) in [5, 5.41) is 7.35. The van der Waals surface area contributed by atoms with Gasteiger partial charge in [-0.3, -0.25) is 9.89 Å². The number of morpholine rings is 1. The molecule has 4 rings (SSSR count). The molecule has 0 aromatic carbocycles. The maximum Gasteiger partial charge on any atom is 0.191 e. The summed E-state index contributed by atoms with van der Waals surface area (Å²) in [4.78, 5) is 7.53. The number of rotatable bonds is 5. The predicted octanol–water partition coefficient (Wildman–Crippen LogP) is 2.62. The van der Waals surface area contributed by atoms with E-state index in [4.69, 9.17) is 14.5 Å². The number of fused-ring (bicyclic) bond motifs is 2. The minimum Gasteiger partial charge on any atom is -0.379 e. The molecule has 28 heavy (non-hydrogen) atoms. The molecule has 0 aromatic rings. The van der Waals surface area contributed by atoms with Crippen molar-refractivity contribution in [3.05, 3.63) is 0 Å². The lowest BCUT2D eigenvalue weighted by Gasteiger charge is -2.57. The molecule has 3 atom stereocenters. The van der Waals surface area contributed by atoms with Crippen LogP contribution in [0.5, 0.6) is 0 Å². The average molecular weight is 506 g/mol. The van der Waals surface area contributed by atoms with E-state index in [0.717, 1.165) is 52.0 Å². The lowest BCUT2D eigenvalue weighted by atomic mass is 9.54. The quantitative estimate of drug-likeness (QED) is 0.341. The molecule has 1 spiro atoms. The van der Waals surface area contributed by atoms with Gasteiger partial charge in [-0.25, -0.2) is 0 Å². The summed E-state index contributed by atoms with van der Waals surface area (Å²) in [6.45, 7) is 13.0. The van der Waals surface area contributed by atoms with Crippen LogP contribution in [0.1, 0.15) is 52.9 Å². The third-order valence-electron chi connectivity index (χ3n) is 7.41. The summed E-state index contributed by atoms with van der Waals surface area (Å²) in [5.74, 6) is 1.65. The van der Waals surface area contributed by atoms with Gasteiger partial charge in [0.2, 0.25) is 0 Å². The number of nitrogens with one attached hydrogen (secondary N) is 2. The fourth-order valence-electron chi connectivity index (χ4n) is 5.91. The van der Waals surface area contributed by atoms with Crippen molar-refractivity contribution in [2.45, 2.75) is 70.6 Å². The first-order valence-corrected chi connectivity index (χ1v) is 11.1. The largest absolute Gasteiger partial charge is 0.379 e. The van der Waals surface area contributed by atoms with Crippen LogP contribution in [0, 0.1) is 11.3 Å². The molecule has 0 bridgehead atoms. The highest BCUT2D eigenvalue weighted by Crippen LogP contribution is 2.60. The van der Waals surface area contributed by atoms with Gasteiger partial charge in [-0.05, 0) is 40.0 Å². The number of halogens is 1. The predicted molar refractivity (Wildman–Crippen MR) is 124 cm³/mol. The zero-order valence-corrected chi connectivity index (χ0v) is 20.2. The van der Waals surface area contributed by atoms with Crippen molar-refractivity contribution in [1.82, 2.24) is 15.5 Å². The van der Waals surface area contributed by atoms with Gasteiger partial charge in [0, 0.05) is 49.2 Å². The van der Waals surface area contributed by atoms with Gasteiger partial charge in [0.15, 0.2) is 5.96 Å². The normalized spacial score (nSPS) is 32.5. The number of aliphatic imine (C=N–C) groups is 1. The molecule has 2 heterocycles. The molecule has 2 aliphatic heterocycles.